The molecule has 0 saturated carbocycles. The Bertz CT molecular complexity index is 253. The van der Waals surface area contributed by atoms with Gasteiger partial charge in [-0.15, -0.1) is 0 Å². The Hall–Kier alpha value is -0.260. The van der Waals surface area contributed by atoms with Crippen LogP contribution in [-0.4, -0.2) is 0 Å². The summed E-state index contributed by atoms with van der Waals surface area (Å²) in [6, 6.07) is 0. The number of hydrogen-bond acceptors (Lipinski definition) is 0. The highest BCUT2D eigenvalue weighted by Gasteiger charge is 2.11. The van der Waals surface area contributed by atoms with E-state index in [2.05, 4.69) is 39.8 Å². The highest BCUT2D eigenvalue weighted by Crippen LogP contribution is 2.24. The van der Waals surface area contributed by atoms with Crippen LogP contribution in [-0.2, 0) is 0 Å². The molecule has 0 bridgehead atoms. The largest absolute Gasteiger partial charge is 0.0885 e. The van der Waals surface area contributed by atoms with E-state index in [-0.39, 0.29) is 0 Å². The predicted molar refractivity (Wildman–Crippen MR) is 112 cm³/mol. The monoisotopic (exact) mass is 334 g/mol. The number of allylic oxidation sites excluding steroid dienone is 2. The van der Waals surface area contributed by atoms with Crippen LogP contribution in [0, 0.1) is 25.7 Å². The van der Waals surface area contributed by atoms with Crippen molar-refractivity contribution >= 4 is 0 Å². The van der Waals surface area contributed by atoms with E-state index in [1.54, 1.807) is 0 Å². The maximum absolute atomic E-state index is 3.92. The SMILES string of the molecule is [CH2]CC=CCCCCCCCCC(C)C(C)CCCCCCC[CH2]. The van der Waals surface area contributed by atoms with Crippen molar-refractivity contribution in [2.75, 3.05) is 0 Å². The first-order valence-electron chi connectivity index (χ1n) is 11.0. The molecule has 0 amide bonds. The zero-order chi connectivity index (χ0) is 17.9. The van der Waals surface area contributed by atoms with Crippen molar-refractivity contribution < 1.29 is 0 Å². The Labute approximate surface area is 154 Å². The minimum atomic E-state index is 0.914. The molecule has 0 heteroatoms. The molecule has 142 valence electrons. The summed E-state index contributed by atoms with van der Waals surface area (Å²) in [5, 5.41) is 0. The lowest BCUT2D eigenvalue weighted by Gasteiger charge is -2.19. The molecular weight excluding hydrogens is 288 g/mol. The van der Waals surface area contributed by atoms with E-state index in [0.717, 1.165) is 24.7 Å². The number of hydrogen-bond donors (Lipinski definition) is 0. The van der Waals surface area contributed by atoms with Crippen molar-refractivity contribution in [2.24, 2.45) is 11.8 Å². The fourth-order valence-electron chi connectivity index (χ4n) is 3.41. The van der Waals surface area contributed by atoms with Crippen molar-refractivity contribution in [3.05, 3.63) is 26.0 Å². The Balaban J connectivity index is 3.35. The van der Waals surface area contributed by atoms with Crippen LogP contribution in [0.25, 0.3) is 0 Å². The van der Waals surface area contributed by atoms with E-state index in [4.69, 9.17) is 0 Å². The van der Waals surface area contributed by atoms with Gasteiger partial charge in [-0.1, -0.05) is 116 Å². The average molecular weight is 335 g/mol. The molecule has 0 N–H and O–H groups in total. The molecule has 0 aliphatic rings. The zero-order valence-corrected chi connectivity index (χ0v) is 17.0. The Morgan fingerprint density at radius 1 is 0.583 bits per heavy atom. The molecule has 0 heterocycles. The van der Waals surface area contributed by atoms with Crippen LogP contribution in [0.4, 0.5) is 0 Å². The van der Waals surface area contributed by atoms with Crippen molar-refractivity contribution in [3.8, 4) is 0 Å². The van der Waals surface area contributed by atoms with Gasteiger partial charge in [0.15, 0.2) is 0 Å². The molecule has 2 radical (unpaired) electrons. The van der Waals surface area contributed by atoms with E-state index in [9.17, 15) is 0 Å². The van der Waals surface area contributed by atoms with Gasteiger partial charge in [0, 0.05) is 0 Å². The molecule has 0 aromatic rings. The van der Waals surface area contributed by atoms with E-state index in [0.29, 0.717) is 0 Å². The topological polar surface area (TPSA) is 0 Å². The lowest BCUT2D eigenvalue weighted by Crippen LogP contribution is -2.08. The van der Waals surface area contributed by atoms with Gasteiger partial charge in [-0.2, -0.15) is 0 Å². The molecule has 0 saturated heterocycles. The van der Waals surface area contributed by atoms with Crippen molar-refractivity contribution in [2.45, 2.75) is 117 Å². The van der Waals surface area contributed by atoms with Crippen LogP contribution >= 0.6 is 0 Å². The summed E-state index contributed by atoms with van der Waals surface area (Å²) in [6.45, 7) is 12.7. The Kier molecular flexibility index (Phi) is 18.9. The van der Waals surface area contributed by atoms with Crippen LogP contribution in [0.5, 0.6) is 0 Å². The van der Waals surface area contributed by atoms with Gasteiger partial charge in [-0.3, -0.25) is 0 Å². The Morgan fingerprint density at radius 3 is 1.54 bits per heavy atom. The fraction of sp³-hybridized carbons (Fsp3) is 0.833. The fourth-order valence-corrected chi connectivity index (χ4v) is 3.41. The molecule has 0 spiro atoms. The first kappa shape index (κ1) is 23.7. The third-order valence-electron chi connectivity index (χ3n) is 5.49. The molecule has 0 aromatic heterocycles. The zero-order valence-electron chi connectivity index (χ0n) is 17.0. The quantitative estimate of drug-likeness (QED) is 0.174. The number of unbranched alkanes of at least 4 members (excludes halogenated alkanes) is 11. The molecule has 24 heavy (non-hydrogen) atoms. The third kappa shape index (κ3) is 16.6. The molecule has 0 aliphatic carbocycles. The van der Waals surface area contributed by atoms with Gasteiger partial charge in [-0.05, 0) is 38.0 Å². The van der Waals surface area contributed by atoms with Gasteiger partial charge in [0.2, 0.25) is 0 Å². The molecule has 0 aliphatic heterocycles. The van der Waals surface area contributed by atoms with Crippen molar-refractivity contribution in [1.29, 1.82) is 0 Å². The third-order valence-corrected chi connectivity index (χ3v) is 5.49. The lowest BCUT2D eigenvalue weighted by atomic mass is 9.86. The number of rotatable bonds is 18. The summed E-state index contributed by atoms with van der Waals surface area (Å²) in [7, 11) is 0. The van der Waals surface area contributed by atoms with Crippen LogP contribution in [0.3, 0.4) is 0 Å². The van der Waals surface area contributed by atoms with Gasteiger partial charge in [0.05, 0.1) is 0 Å². The maximum atomic E-state index is 3.92. The average Bonchev–Trinajstić information content (AvgIpc) is 2.59. The standard InChI is InChI=1S/C24H46/c1-5-7-9-11-13-14-15-16-18-20-22-24(4)23(3)21-19-17-12-10-8-6-2/h7,9,23-24H,1-2,5-6,8,10-22H2,3-4H3. The summed E-state index contributed by atoms with van der Waals surface area (Å²) < 4.78 is 0. The normalized spacial score (nSPS) is 14.3. The van der Waals surface area contributed by atoms with Gasteiger partial charge in [0.25, 0.3) is 0 Å². The molecule has 0 fully saturated rings. The summed E-state index contributed by atoms with van der Waals surface area (Å²) >= 11 is 0. The van der Waals surface area contributed by atoms with E-state index in [1.165, 1.54) is 89.9 Å². The highest BCUT2D eigenvalue weighted by molar-refractivity contribution is 4.81. The van der Waals surface area contributed by atoms with Gasteiger partial charge in [-0.25, -0.2) is 0 Å². The Morgan fingerprint density at radius 2 is 1.04 bits per heavy atom. The molecule has 0 rings (SSSR count). The molecule has 2 unspecified atom stereocenters. The van der Waals surface area contributed by atoms with Crippen LogP contribution < -0.4 is 0 Å². The second kappa shape index (κ2) is 19.1. The predicted octanol–water partition coefficient (Wildman–Crippen LogP) is 8.72. The van der Waals surface area contributed by atoms with Crippen LogP contribution in [0.15, 0.2) is 12.2 Å². The van der Waals surface area contributed by atoms with Crippen LogP contribution in [0.2, 0.25) is 0 Å². The van der Waals surface area contributed by atoms with Crippen LogP contribution in [0.1, 0.15) is 117 Å². The smallest absolute Gasteiger partial charge is 0.0351 e. The first-order chi connectivity index (χ1) is 11.7. The second-order valence-corrected chi connectivity index (χ2v) is 7.82. The van der Waals surface area contributed by atoms with Crippen molar-refractivity contribution in [1.82, 2.24) is 0 Å². The van der Waals surface area contributed by atoms with E-state index < -0.39 is 0 Å². The molecule has 0 aromatic carbocycles. The molecule has 2 atom stereocenters. The van der Waals surface area contributed by atoms with Gasteiger partial charge < -0.3 is 0 Å². The molecule has 0 nitrogen and oxygen atoms in total. The summed E-state index contributed by atoms with van der Waals surface area (Å²) in [5.41, 5.74) is 0. The molecular formula is C24H46. The highest BCUT2D eigenvalue weighted by atomic mass is 14.2. The second-order valence-electron chi connectivity index (χ2n) is 7.82. The lowest BCUT2D eigenvalue weighted by molar-refractivity contribution is 0.322. The van der Waals surface area contributed by atoms with E-state index in [1.807, 2.05) is 0 Å². The first-order valence-corrected chi connectivity index (χ1v) is 11.0. The van der Waals surface area contributed by atoms with Crippen molar-refractivity contribution in [3.63, 3.8) is 0 Å². The van der Waals surface area contributed by atoms with Gasteiger partial charge in [0.1, 0.15) is 0 Å². The summed E-state index contributed by atoms with van der Waals surface area (Å²) in [5.74, 6) is 1.83. The van der Waals surface area contributed by atoms with Gasteiger partial charge >= 0.3 is 0 Å². The summed E-state index contributed by atoms with van der Waals surface area (Å²) in [4.78, 5) is 0. The van der Waals surface area contributed by atoms with E-state index >= 15 is 0 Å². The minimum Gasteiger partial charge on any atom is -0.0885 e. The maximum Gasteiger partial charge on any atom is -0.0351 e. The minimum absolute atomic E-state index is 0.914. The summed E-state index contributed by atoms with van der Waals surface area (Å²) in [6.07, 6.45) is 26.2.